The van der Waals surface area contributed by atoms with Crippen LogP contribution in [0.3, 0.4) is 0 Å². The van der Waals surface area contributed by atoms with Crippen LogP contribution in [-0.4, -0.2) is 37.9 Å². The minimum Gasteiger partial charge on any atom is -0.459 e. The molecule has 0 aliphatic rings. The first kappa shape index (κ1) is 15.1. The van der Waals surface area contributed by atoms with E-state index in [0.717, 1.165) is 15.6 Å². The van der Waals surface area contributed by atoms with Gasteiger partial charge in [-0.25, -0.2) is 8.42 Å². The molecule has 0 aliphatic heterocycles. The first-order valence-corrected chi connectivity index (χ1v) is 7.66. The predicted molar refractivity (Wildman–Crippen MR) is 70.0 cm³/mol. The molecule has 7 heteroatoms. The lowest BCUT2D eigenvalue weighted by molar-refractivity contribution is -0.154. The van der Waals surface area contributed by atoms with Crippen LogP contribution in [0.5, 0.6) is 0 Å². The van der Waals surface area contributed by atoms with Gasteiger partial charge in [-0.05, 0) is 32.2 Å². The zero-order valence-corrected chi connectivity index (χ0v) is 12.5. The summed E-state index contributed by atoms with van der Waals surface area (Å²) < 4.78 is 30.3. The molecule has 5 nitrogen and oxygen atoms in total. The van der Waals surface area contributed by atoms with Gasteiger partial charge in [0.2, 0.25) is 0 Å². The predicted octanol–water partition coefficient (Wildman–Crippen LogP) is 1.71. The molecule has 1 aromatic heterocycles. The van der Waals surface area contributed by atoms with E-state index in [0.29, 0.717) is 0 Å². The highest BCUT2D eigenvalue weighted by atomic mass is 32.2. The Labute approximate surface area is 111 Å². The van der Waals surface area contributed by atoms with Gasteiger partial charge in [-0.2, -0.15) is 4.31 Å². The fraction of sp³-hybridized carbons (Fsp3) is 0.545. The number of thiophene rings is 1. The molecule has 0 spiro atoms. The van der Waals surface area contributed by atoms with Crippen LogP contribution in [0.15, 0.2) is 21.7 Å². The minimum absolute atomic E-state index is 0.216. The van der Waals surface area contributed by atoms with Crippen LogP contribution in [0.1, 0.15) is 20.8 Å². The molecular formula is C11H17NO4S2. The van der Waals surface area contributed by atoms with E-state index in [1.54, 1.807) is 32.2 Å². The van der Waals surface area contributed by atoms with Crippen LogP contribution in [-0.2, 0) is 19.6 Å². The standard InChI is InChI=1S/C11H17NO4S2/c1-11(2,3)16-9(13)8-12(4)18(14,15)10-6-5-7-17-10/h5-7H,8H2,1-4H3. The van der Waals surface area contributed by atoms with Crippen LogP contribution >= 0.6 is 11.3 Å². The summed E-state index contributed by atoms with van der Waals surface area (Å²) in [6, 6.07) is 3.16. The lowest BCUT2D eigenvalue weighted by atomic mass is 10.2. The van der Waals surface area contributed by atoms with Crippen molar-refractivity contribution in [3.63, 3.8) is 0 Å². The third kappa shape index (κ3) is 4.08. The van der Waals surface area contributed by atoms with Crippen LogP contribution in [0.2, 0.25) is 0 Å². The monoisotopic (exact) mass is 291 g/mol. The van der Waals surface area contributed by atoms with Crippen molar-refractivity contribution in [3.8, 4) is 0 Å². The van der Waals surface area contributed by atoms with Gasteiger partial charge in [-0.3, -0.25) is 4.79 Å². The zero-order valence-electron chi connectivity index (χ0n) is 10.8. The summed E-state index contributed by atoms with van der Waals surface area (Å²) in [6.45, 7) is 4.91. The zero-order chi connectivity index (χ0) is 14.0. The number of carbonyl (C=O) groups excluding carboxylic acids is 1. The van der Waals surface area contributed by atoms with Crippen LogP contribution in [0, 0.1) is 0 Å². The number of esters is 1. The molecule has 0 aromatic carbocycles. The van der Waals surface area contributed by atoms with Crippen molar-refractivity contribution < 1.29 is 17.9 Å². The van der Waals surface area contributed by atoms with Gasteiger partial charge < -0.3 is 4.74 Å². The topological polar surface area (TPSA) is 63.7 Å². The molecule has 0 saturated heterocycles. The third-order valence-electron chi connectivity index (χ3n) is 1.93. The fourth-order valence-corrected chi connectivity index (χ4v) is 3.52. The van der Waals surface area contributed by atoms with Crippen molar-refractivity contribution in [2.24, 2.45) is 0 Å². The average molecular weight is 291 g/mol. The van der Waals surface area contributed by atoms with Gasteiger partial charge in [-0.15, -0.1) is 11.3 Å². The van der Waals surface area contributed by atoms with Gasteiger partial charge in [0, 0.05) is 7.05 Å². The fourth-order valence-electron chi connectivity index (χ4n) is 1.20. The highest BCUT2D eigenvalue weighted by molar-refractivity contribution is 7.91. The summed E-state index contributed by atoms with van der Waals surface area (Å²) in [6.07, 6.45) is 0. The third-order valence-corrected chi connectivity index (χ3v) is 5.11. The van der Waals surface area contributed by atoms with Gasteiger partial charge in [0.25, 0.3) is 10.0 Å². The lowest BCUT2D eigenvalue weighted by Gasteiger charge is -2.22. The SMILES string of the molecule is CN(CC(=O)OC(C)(C)C)S(=O)(=O)c1cccs1. The van der Waals surface area contributed by atoms with E-state index in [4.69, 9.17) is 4.74 Å². The Kier molecular flexibility index (Phi) is 4.52. The van der Waals surface area contributed by atoms with Crippen molar-refractivity contribution in [2.45, 2.75) is 30.6 Å². The van der Waals surface area contributed by atoms with Gasteiger partial charge in [0.05, 0.1) is 0 Å². The smallest absolute Gasteiger partial charge is 0.321 e. The van der Waals surface area contributed by atoms with E-state index in [9.17, 15) is 13.2 Å². The number of nitrogens with zero attached hydrogens (tertiary/aromatic N) is 1. The van der Waals surface area contributed by atoms with Gasteiger partial charge >= 0.3 is 5.97 Å². The quantitative estimate of drug-likeness (QED) is 0.792. The second-order valence-corrected chi connectivity index (χ2v) is 8.00. The van der Waals surface area contributed by atoms with Crippen molar-refractivity contribution in [1.29, 1.82) is 0 Å². The molecule has 1 rings (SSSR count). The molecule has 0 atom stereocenters. The van der Waals surface area contributed by atoms with Gasteiger partial charge in [0.15, 0.2) is 0 Å². The maximum Gasteiger partial charge on any atom is 0.321 e. The normalized spacial score (nSPS) is 12.7. The van der Waals surface area contributed by atoms with E-state index < -0.39 is 21.6 Å². The van der Waals surface area contributed by atoms with E-state index in [1.807, 2.05) is 0 Å². The summed E-state index contributed by atoms with van der Waals surface area (Å²) in [7, 11) is -2.24. The Morgan fingerprint density at radius 1 is 1.44 bits per heavy atom. The van der Waals surface area contributed by atoms with E-state index >= 15 is 0 Å². The Morgan fingerprint density at radius 2 is 2.06 bits per heavy atom. The summed E-state index contributed by atoms with van der Waals surface area (Å²) in [4.78, 5) is 11.6. The summed E-state index contributed by atoms with van der Waals surface area (Å²) in [5, 5.41) is 1.67. The maximum absolute atomic E-state index is 12.0. The Bertz CT molecular complexity index is 500. The number of hydrogen-bond acceptors (Lipinski definition) is 5. The molecule has 0 aliphatic carbocycles. The highest BCUT2D eigenvalue weighted by Gasteiger charge is 2.26. The van der Waals surface area contributed by atoms with Gasteiger partial charge in [-0.1, -0.05) is 6.07 Å². The summed E-state index contributed by atoms with van der Waals surface area (Å²) in [5.74, 6) is -0.565. The Balaban J connectivity index is 2.72. The number of sulfonamides is 1. The van der Waals surface area contributed by atoms with Crippen molar-refractivity contribution in [3.05, 3.63) is 17.5 Å². The van der Waals surface area contributed by atoms with Crippen LogP contribution in [0.25, 0.3) is 0 Å². The molecule has 1 heterocycles. The number of likely N-dealkylation sites (N-methyl/N-ethyl adjacent to an activating group) is 1. The minimum atomic E-state index is -3.60. The summed E-state index contributed by atoms with van der Waals surface area (Å²) >= 11 is 1.12. The molecule has 0 bridgehead atoms. The molecule has 18 heavy (non-hydrogen) atoms. The molecule has 0 N–H and O–H groups in total. The number of rotatable bonds is 4. The number of ether oxygens (including phenoxy) is 1. The van der Waals surface area contributed by atoms with E-state index in [2.05, 4.69) is 0 Å². The van der Waals surface area contributed by atoms with E-state index in [1.165, 1.54) is 13.1 Å². The molecule has 0 amide bonds. The number of carbonyl (C=O) groups is 1. The van der Waals surface area contributed by atoms with Crippen LogP contribution < -0.4 is 0 Å². The molecule has 0 fully saturated rings. The Hall–Kier alpha value is -0.920. The Morgan fingerprint density at radius 3 is 2.50 bits per heavy atom. The second kappa shape index (κ2) is 5.38. The van der Waals surface area contributed by atoms with Crippen molar-refractivity contribution in [1.82, 2.24) is 4.31 Å². The number of hydrogen-bond donors (Lipinski definition) is 0. The molecule has 0 saturated carbocycles. The second-order valence-electron chi connectivity index (χ2n) is 4.78. The first-order chi connectivity index (χ1) is 8.13. The molecular weight excluding hydrogens is 274 g/mol. The first-order valence-electron chi connectivity index (χ1n) is 5.34. The average Bonchev–Trinajstić information content (AvgIpc) is 2.66. The lowest BCUT2D eigenvalue weighted by Crippen LogP contribution is -2.35. The van der Waals surface area contributed by atoms with Gasteiger partial charge in [0.1, 0.15) is 16.4 Å². The van der Waals surface area contributed by atoms with Crippen molar-refractivity contribution >= 4 is 27.3 Å². The summed E-state index contributed by atoms with van der Waals surface area (Å²) in [5.41, 5.74) is -0.620. The molecule has 0 unspecified atom stereocenters. The highest BCUT2D eigenvalue weighted by Crippen LogP contribution is 2.19. The van der Waals surface area contributed by atoms with Crippen molar-refractivity contribution in [2.75, 3.05) is 13.6 Å². The molecule has 1 aromatic rings. The largest absolute Gasteiger partial charge is 0.459 e. The van der Waals surface area contributed by atoms with E-state index in [-0.39, 0.29) is 10.8 Å². The van der Waals surface area contributed by atoms with Crippen LogP contribution in [0.4, 0.5) is 0 Å². The maximum atomic E-state index is 12.0. The molecule has 102 valence electrons. The molecule has 0 radical (unpaired) electrons.